The molecule has 0 saturated heterocycles. The fourth-order valence-corrected chi connectivity index (χ4v) is 3.37. The molecule has 1 atom stereocenters. The molecule has 0 saturated carbocycles. The van der Waals surface area contributed by atoms with Crippen LogP contribution in [0.25, 0.3) is 10.7 Å². The number of amides is 1. The highest BCUT2D eigenvalue weighted by Crippen LogP contribution is 2.22. The van der Waals surface area contributed by atoms with E-state index in [1.807, 2.05) is 36.6 Å². The summed E-state index contributed by atoms with van der Waals surface area (Å²) in [7, 11) is 0. The topological polar surface area (TPSA) is 62.7 Å². The van der Waals surface area contributed by atoms with Gasteiger partial charge in [-0.25, -0.2) is 0 Å². The van der Waals surface area contributed by atoms with Crippen LogP contribution in [0.2, 0.25) is 5.02 Å². The molecule has 0 fully saturated rings. The summed E-state index contributed by atoms with van der Waals surface area (Å²) in [5, 5.41) is 12.6. The van der Waals surface area contributed by atoms with Crippen LogP contribution in [0.5, 0.6) is 0 Å². The number of benzene rings is 1. The number of H-pyrrole nitrogens is 1. The van der Waals surface area contributed by atoms with E-state index in [0.29, 0.717) is 15.6 Å². The smallest absolute Gasteiger partial charge is 0.240 e. The van der Waals surface area contributed by atoms with Crippen molar-refractivity contribution in [2.75, 3.05) is 0 Å². The Morgan fingerprint density at radius 2 is 2.17 bits per heavy atom. The first-order chi connectivity index (χ1) is 11.5. The second-order valence-electron chi connectivity index (χ2n) is 5.26. The third-order valence-corrected chi connectivity index (χ3v) is 4.98. The zero-order valence-corrected chi connectivity index (χ0v) is 15.2. The van der Waals surface area contributed by atoms with Gasteiger partial charge in [0.25, 0.3) is 0 Å². The van der Waals surface area contributed by atoms with Crippen molar-refractivity contribution >= 4 is 41.1 Å². The van der Waals surface area contributed by atoms with E-state index in [4.69, 9.17) is 23.8 Å². The Morgan fingerprint density at radius 3 is 2.83 bits per heavy atom. The van der Waals surface area contributed by atoms with E-state index in [2.05, 4.69) is 15.5 Å². The quantitative estimate of drug-likeness (QED) is 0.654. The molecule has 2 aromatic heterocycles. The molecular formula is C16H15ClN4OS2. The van der Waals surface area contributed by atoms with Crippen molar-refractivity contribution in [1.29, 1.82) is 0 Å². The fourth-order valence-electron chi connectivity index (χ4n) is 2.32. The van der Waals surface area contributed by atoms with Gasteiger partial charge in [-0.1, -0.05) is 29.8 Å². The highest BCUT2D eigenvalue weighted by atomic mass is 35.5. The molecule has 1 amide bonds. The van der Waals surface area contributed by atoms with E-state index in [1.165, 1.54) is 0 Å². The van der Waals surface area contributed by atoms with E-state index >= 15 is 0 Å². The SMILES string of the molecule is CC(NC(=O)Cn1c(-c2cccs2)n[nH]c1=S)c1ccc(Cl)cc1. The number of aromatic amines is 1. The van der Waals surface area contributed by atoms with E-state index in [9.17, 15) is 4.79 Å². The number of aromatic nitrogens is 3. The highest BCUT2D eigenvalue weighted by Gasteiger charge is 2.15. The molecular weight excluding hydrogens is 364 g/mol. The summed E-state index contributed by atoms with van der Waals surface area (Å²) in [6.45, 7) is 2.04. The number of hydrogen-bond acceptors (Lipinski definition) is 4. The normalized spacial score (nSPS) is 12.1. The van der Waals surface area contributed by atoms with Crippen LogP contribution in [0.15, 0.2) is 41.8 Å². The molecule has 8 heteroatoms. The van der Waals surface area contributed by atoms with Gasteiger partial charge < -0.3 is 5.32 Å². The van der Waals surface area contributed by atoms with Crippen molar-refractivity contribution in [2.24, 2.45) is 0 Å². The molecule has 2 heterocycles. The maximum atomic E-state index is 12.4. The number of carbonyl (C=O) groups is 1. The van der Waals surface area contributed by atoms with Crippen molar-refractivity contribution in [1.82, 2.24) is 20.1 Å². The predicted molar refractivity (Wildman–Crippen MR) is 98.7 cm³/mol. The number of thiophene rings is 1. The Hall–Kier alpha value is -1.96. The summed E-state index contributed by atoms with van der Waals surface area (Å²) < 4.78 is 2.12. The Labute approximate surface area is 153 Å². The number of hydrogen-bond donors (Lipinski definition) is 2. The van der Waals surface area contributed by atoms with Crippen molar-refractivity contribution in [2.45, 2.75) is 19.5 Å². The molecule has 0 spiro atoms. The van der Waals surface area contributed by atoms with E-state index in [-0.39, 0.29) is 18.5 Å². The maximum Gasteiger partial charge on any atom is 0.240 e. The average Bonchev–Trinajstić information content (AvgIpc) is 3.19. The van der Waals surface area contributed by atoms with Crippen LogP contribution in [0.1, 0.15) is 18.5 Å². The van der Waals surface area contributed by atoms with Gasteiger partial charge in [0.2, 0.25) is 5.91 Å². The lowest BCUT2D eigenvalue weighted by molar-refractivity contribution is -0.122. The number of nitrogens with zero attached hydrogens (tertiary/aromatic N) is 2. The first-order valence-electron chi connectivity index (χ1n) is 7.28. The summed E-state index contributed by atoms with van der Waals surface area (Å²) in [5.74, 6) is 0.539. The lowest BCUT2D eigenvalue weighted by Crippen LogP contribution is -2.30. The minimum Gasteiger partial charge on any atom is -0.348 e. The zero-order chi connectivity index (χ0) is 17.1. The molecule has 0 bridgehead atoms. The average molecular weight is 379 g/mol. The van der Waals surface area contributed by atoms with Crippen LogP contribution in [0.3, 0.4) is 0 Å². The van der Waals surface area contributed by atoms with Gasteiger partial charge in [-0.15, -0.1) is 11.3 Å². The summed E-state index contributed by atoms with van der Waals surface area (Å²) in [6, 6.07) is 11.2. The molecule has 5 nitrogen and oxygen atoms in total. The zero-order valence-electron chi connectivity index (χ0n) is 12.8. The van der Waals surface area contributed by atoms with Gasteiger partial charge in [0.05, 0.1) is 10.9 Å². The molecule has 0 aliphatic heterocycles. The molecule has 0 radical (unpaired) electrons. The van der Waals surface area contributed by atoms with E-state index in [0.717, 1.165) is 10.4 Å². The van der Waals surface area contributed by atoms with Gasteiger partial charge in [0, 0.05) is 5.02 Å². The van der Waals surface area contributed by atoms with Crippen LogP contribution in [0, 0.1) is 4.77 Å². The van der Waals surface area contributed by atoms with Crippen LogP contribution in [-0.4, -0.2) is 20.7 Å². The molecule has 3 rings (SSSR count). The van der Waals surface area contributed by atoms with Crippen molar-refractivity contribution < 1.29 is 4.79 Å². The van der Waals surface area contributed by atoms with Crippen molar-refractivity contribution in [3.8, 4) is 10.7 Å². The Morgan fingerprint density at radius 1 is 1.42 bits per heavy atom. The molecule has 124 valence electrons. The first kappa shape index (κ1) is 16.9. The fraction of sp³-hybridized carbons (Fsp3) is 0.188. The number of nitrogens with one attached hydrogen (secondary N) is 2. The van der Waals surface area contributed by atoms with Crippen molar-refractivity contribution in [3.63, 3.8) is 0 Å². The molecule has 0 aliphatic rings. The van der Waals surface area contributed by atoms with Gasteiger partial charge in [-0.3, -0.25) is 14.5 Å². The van der Waals surface area contributed by atoms with E-state index in [1.54, 1.807) is 28.0 Å². The lowest BCUT2D eigenvalue weighted by atomic mass is 10.1. The van der Waals surface area contributed by atoms with Crippen LogP contribution >= 0.6 is 35.2 Å². The number of carbonyl (C=O) groups excluding carboxylic acids is 1. The third kappa shape index (κ3) is 3.75. The minimum atomic E-state index is -0.132. The second kappa shape index (κ2) is 7.29. The van der Waals surface area contributed by atoms with Crippen LogP contribution < -0.4 is 5.32 Å². The number of halogens is 1. The van der Waals surface area contributed by atoms with Gasteiger partial charge in [0.1, 0.15) is 6.54 Å². The molecule has 3 aromatic rings. The van der Waals surface area contributed by atoms with Gasteiger partial charge in [-0.05, 0) is 48.3 Å². The summed E-state index contributed by atoms with van der Waals surface area (Å²) in [5.41, 5.74) is 0.988. The second-order valence-corrected chi connectivity index (χ2v) is 7.03. The Bertz CT molecular complexity index is 884. The molecule has 1 aromatic carbocycles. The van der Waals surface area contributed by atoms with Crippen molar-refractivity contribution in [3.05, 3.63) is 57.1 Å². The van der Waals surface area contributed by atoms with Gasteiger partial charge >= 0.3 is 0 Å². The van der Waals surface area contributed by atoms with Crippen LogP contribution in [-0.2, 0) is 11.3 Å². The Balaban J connectivity index is 1.73. The lowest BCUT2D eigenvalue weighted by Gasteiger charge is -2.15. The largest absolute Gasteiger partial charge is 0.348 e. The first-order valence-corrected chi connectivity index (χ1v) is 8.95. The monoisotopic (exact) mass is 378 g/mol. The van der Waals surface area contributed by atoms with Crippen LogP contribution in [0.4, 0.5) is 0 Å². The maximum absolute atomic E-state index is 12.4. The third-order valence-electron chi connectivity index (χ3n) is 3.55. The summed E-state index contributed by atoms with van der Waals surface area (Å²) >= 11 is 12.7. The van der Waals surface area contributed by atoms with Gasteiger partial charge in [-0.2, -0.15) is 5.10 Å². The summed E-state index contributed by atoms with van der Waals surface area (Å²) in [4.78, 5) is 13.4. The van der Waals surface area contributed by atoms with Gasteiger partial charge in [0.15, 0.2) is 10.6 Å². The highest BCUT2D eigenvalue weighted by molar-refractivity contribution is 7.71. The molecule has 0 aliphatic carbocycles. The minimum absolute atomic E-state index is 0.112. The predicted octanol–water partition coefficient (Wildman–Crippen LogP) is 4.20. The van der Waals surface area contributed by atoms with E-state index < -0.39 is 0 Å². The molecule has 24 heavy (non-hydrogen) atoms. The summed E-state index contributed by atoms with van der Waals surface area (Å²) in [6.07, 6.45) is 0. The molecule has 1 unspecified atom stereocenters. The standard InChI is InChI=1S/C16H15ClN4OS2/c1-10(11-4-6-12(17)7-5-11)18-14(22)9-21-15(19-20-16(21)23)13-3-2-8-24-13/h2-8,10H,9H2,1H3,(H,18,22)(H,20,23). The number of rotatable bonds is 5. The molecule has 2 N–H and O–H groups in total. The Kier molecular flexibility index (Phi) is 5.13.